The van der Waals surface area contributed by atoms with Gasteiger partial charge in [0.25, 0.3) is 0 Å². The summed E-state index contributed by atoms with van der Waals surface area (Å²) in [5.74, 6) is -0.553. The second kappa shape index (κ2) is 2.47. The first-order chi connectivity index (χ1) is 6.71. The van der Waals surface area contributed by atoms with Crippen LogP contribution in [0.5, 0.6) is 0 Å². The molecule has 0 N–H and O–H groups in total. The largest absolute Gasteiger partial charge is 0.343 e. The second-order valence-corrected chi connectivity index (χ2v) is 3.93. The molecule has 1 saturated heterocycles. The molecular formula is C12H12O2. The van der Waals surface area contributed by atoms with Gasteiger partial charge < -0.3 is 9.47 Å². The van der Waals surface area contributed by atoms with Crippen molar-refractivity contribution in [2.24, 2.45) is 0 Å². The Morgan fingerprint density at radius 1 is 1.43 bits per heavy atom. The molecular weight excluding hydrogens is 176 g/mol. The summed E-state index contributed by atoms with van der Waals surface area (Å²) in [6.07, 6.45) is 0.0369. The summed E-state index contributed by atoms with van der Waals surface area (Å²) >= 11 is 0. The minimum Gasteiger partial charge on any atom is -0.343 e. The first-order valence-electron chi connectivity index (χ1n) is 4.81. The van der Waals surface area contributed by atoms with Crippen LogP contribution in [0.1, 0.15) is 18.1 Å². The molecule has 14 heavy (non-hydrogen) atoms. The first-order valence-corrected chi connectivity index (χ1v) is 4.81. The van der Waals surface area contributed by atoms with E-state index in [1.165, 1.54) is 5.56 Å². The Bertz CT molecular complexity index is 411. The molecule has 2 unspecified atom stereocenters. The summed E-state index contributed by atoms with van der Waals surface area (Å²) < 4.78 is 11.5. The average molecular weight is 188 g/mol. The molecule has 1 aromatic carbocycles. The number of benzene rings is 1. The van der Waals surface area contributed by atoms with E-state index >= 15 is 0 Å². The number of hydrogen-bond donors (Lipinski definition) is 0. The van der Waals surface area contributed by atoms with Crippen molar-refractivity contribution >= 4 is 5.57 Å². The van der Waals surface area contributed by atoms with E-state index in [-0.39, 0.29) is 6.10 Å². The van der Waals surface area contributed by atoms with Gasteiger partial charge in [-0.15, -0.1) is 0 Å². The van der Waals surface area contributed by atoms with Gasteiger partial charge in [0.05, 0.1) is 6.61 Å². The lowest BCUT2D eigenvalue weighted by Crippen LogP contribution is -2.29. The molecule has 2 heteroatoms. The van der Waals surface area contributed by atoms with E-state index in [0.717, 1.165) is 11.1 Å². The minimum atomic E-state index is -0.553. The van der Waals surface area contributed by atoms with E-state index in [1.807, 2.05) is 25.1 Å². The summed E-state index contributed by atoms with van der Waals surface area (Å²) in [6, 6.07) is 8.16. The van der Waals surface area contributed by atoms with E-state index < -0.39 is 5.79 Å². The maximum atomic E-state index is 5.80. The van der Waals surface area contributed by atoms with Gasteiger partial charge in [-0.05, 0) is 18.1 Å². The number of rotatable bonds is 0. The quantitative estimate of drug-likeness (QED) is 0.622. The number of fused-ring (bicyclic) bond motifs is 4. The third kappa shape index (κ3) is 0.873. The van der Waals surface area contributed by atoms with Gasteiger partial charge in [0.2, 0.25) is 0 Å². The van der Waals surface area contributed by atoms with Gasteiger partial charge in [0.15, 0.2) is 5.79 Å². The van der Waals surface area contributed by atoms with Crippen LogP contribution >= 0.6 is 0 Å². The van der Waals surface area contributed by atoms with Crippen LogP contribution in [0, 0.1) is 0 Å². The molecule has 1 aromatic rings. The van der Waals surface area contributed by atoms with Gasteiger partial charge in [-0.25, -0.2) is 0 Å². The molecule has 0 aromatic heterocycles. The van der Waals surface area contributed by atoms with Gasteiger partial charge in [0, 0.05) is 5.56 Å². The third-order valence-corrected chi connectivity index (χ3v) is 3.03. The highest BCUT2D eigenvalue weighted by Crippen LogP contribution is 2.45. The Kier molecular flexibility index (Phi) is 1.45. The van der Waals surface area contributed by atoms with Crippen molar-refractivity contribution in [3.05, 3.63) is 42.0 Å². The predicted molar refractivity (Wildman–Crippen MR) is 53.7 cm³/mol. The molecule has 2 nitrogen and oxygen atoms in total. The summed E-state index contributed by atoms with van der Waals surface area (Å²) in [4.78, 5) is 0. The lowest BCUT2D eigenvalue weighted by atomic mass is 9.91. The van der Waals surface area contributed by atoms with Crippen molar-refractivity contribution in [3.8, 4) is 0 Å². The van der Waals surface area contributed by atoms with E-state index in [0.29, 0.717) is 6.61 Å². The molecule has 0 amide bonds. The van der Waals surface area contributed by atoms with Crippen molar-refractivity contribution < 1.29 is 9.47 Å². The summed E-state index contributed by atoms with van der Waals surface area (Å²) in [6.45, 7) is 6.65. The van der Waals surface area contributed by atoms with Crippen LogP contribution in [-0.2, 0) is 15.3 Å². The van der Waals surface area contributed by atoms with Crippen molar-refractivity contribution in [1.29, 1.82) is 0 Å². The lowest BCUT2D eigenvalue weighted by molar-refractivity contribution is -0.159. The Balaban J connectivity index is 2.27. The molecule has 2 heterocycles. The van der Waals surface area contributed by atoms with Gasteiger partial charge in [-0.2, -0.15) is 0 Å². The van der Waals surface area contributed by atoms with Crippen LogP contribution in [-0.4, -0.2) is 12.7 Å². The van der Waals surface area contributed by atoms with E-state index in [1.54, 1.807) is 0 Å². The molecule has 2 atom stereocenters. The molecule has 2 bridgehead atoms. The van der Waals surface area contributed by atoms with Gasteiger partial charge in [0.1, 0.15) is 6.10 Å². The Morgan fingerprint density at radius 3 is 3.07 bits per heavy atom. The van der Waals surface area contributed by atoms with Crippen molar-refractivity contribution in [1.82, 2.24) is 0 Å². The fourth-order valence-electron chi connectivity index (χ4n) is 2.22. The van der Waals surface area contributed by atoms with Crippen molar-refractivity contribution in [3.63, 3.8) is 0 Å². The van der Waals surface area contributed by atoms with Crippen LogP contribution in [0.15, 0.2) is 30.8 Å². The van der Waals surface area contributed by atoms with Crippen LogP contribution < -0.4 is 0 Å². The normalized spacial score (nSPS) is 34.4. The highest BCUT2D eigenvalue weighted by molar-refractivity contribution is 5.72. The van der Waals surface area contributed by atoms with Crippen molar-refractivity contribution in [2.45, 2.75) is 18.8 Å². The molecule has 0 saturated carbocycles. The molecule has 1 fully saturated rings. The maximum Gasteiger partial charge on any atom is 0.193 e. The summed E-state index contributed by atoms with van der Waals surface area (Å²) in [5.41, 5.74) is 3.32. The zero-order valence-electron chi connectivity index (χ0n) is 8.12. The predicted octanol–water partition coefficient (Wildman–Crippen LogP) is 2.30. The minimum absolute atomic E-state index is 0.0369. The fourth-order valence-corrected chi connectivity index (χ4v) is 2.22. The lowest BCUT2D eigenvalue weighted by Gasteiger charge is -2.31. The Hall–Kier alpha value is -1.12. The van der Waals surface area contributed by atoms with Crippen LogP contribution in [0.4, 0.5) is 0 Å². The van der Waals surface area contributed by atoms with Crippen molar-refractivity contribution in [2.75, 3.05) is 6.61 Å². The molecule has 0 spiro atoms. The average Bonchev–Trinajstić information content (AvgIpc) is 2.57. The number of ether oxygens (including phenoxy) is 2. The van der Waals surface area contributed by atoms with E-state index in [2.05, 4.69) is 12.6 Å². The number of hydrogen-bond acceptors (Lipinski definition) is 2. The molecule has 0 aliphatic carbocycles. The zero-order chi connectivity index (χ0) is 9.76. The van der Waals surface area contributed by atoms with Gasteiger partial charge in [-0.3, -0.25) is 0 Å². The fraction of sp³-hybridized carbons (Fsp3) is 0.333. The SMILES string of the molecule is C=C1c2ccccc2C2(C)OCC1O2. The van der Waals surface area contributed by atoms with Crippen LogP contribution in [0.25, 0.3) is 5.57 Å². The molecule has 2 aliphatic heterocycles. The van der Waals surface area contributed by atoms with Gasteiger partial charge >= 0.3 is 0 Å². The Morgan fingerprint density at radius 2 is 2.21 bits per heavy atom. The first kappa shape index (κ1) is 8.21. The monoisotopic (exact) mass is 188 g/mol. The van der Waals surface area contributed by atoms with Gasteiger partial charge in [-0.1, -0.05) is 30.8 Å². The molecule has 0 radical (unpaired) electrons. The Labute approximate surface area is 83.1 Å². The topological polar surface area (TPSA) is 18.5 Å². The highest BCUT2D eigenvalue weighted by Gasteiger charge is 2.45. The standard InChI is InChI=1S/C12H12O2/c1-8-9-5-3-4-6-10(9)12(2)13-7-11(8)14-12/h3-6,11H,1,7H2,2H3. The smallest absolute Gasteiger partial charge is 0.193 e. The third-order valence-electron chi connectivity index (χ3n) is 3.03. The molecule has 2 aliphatic rings. The molecule has 72 valence electrons. The van der Waals surface area contributed by atoms with E-state index in [4.69, 9.17) is 9.47 Å². The van der Waals surface area contributed by atoms with Crippen LogP contribution in [0.2, 0.25) is 0 Å². The highest BCUT2D eigenvalue weighted by atomic mass is 16.7. The zero-order valence-corrected chi connectivity index (χ0v) is 8.12. The summed E-state index contributed by atoms with van der Waals surface area (Å²) in [7, 11) is 0. The summed E-state index contributed by atoms with van der Waals surface area (Å²) in [5, 5.41) is 0. The van der Waals surface area contributed by atoms with Crippen LogP contribution in [0.3, 0.4) is 0 Å². The second-order valence-electron chi connectivity index (χ2n) is 3.93. The maximum absolute atomic E-state index is 5.80. The van der Waals surface area contributed by atoms with E-state index in [9.17, 15) is 0 Å². The molecule has 3 rings (SSSR count).